The Hall–Kier alpha value is -0.120. The molecular weight excluding hydrogens is 192 g/mol. The lowest BCUT2D eigenvalue weighted by Crippen LogP contribution is -2.36. The number of hydrogen-bond acceptors (Lipinski definition) is 3. The van der Waals surface area contributed by atoms with E-state index in [4.69, 9.17) is 9.78 Å². The van der Waals surface area contributed by atoms with Crippen LogP contribution in [0.15, 0.2) is 0 Å². The second kappa shape index (κ2) is 4.81. The first kappa shape index (κ1) is 14.9. The van der Waals surface area contributed by atoms with Crippen LogP contribution in [0, 0.1) is 5.41 Å². The molecule has 0 saturated heterocycles. The lowest BCUT2D eigenvalue weighted by Gasteiger charge is -2.33. The molecule has 0 spiro atoms. The fraction of sp³-hybridized carbons (Fsp3) is 1.00. The number of rotatable bonds is 5. The molecule has 0 aromatic heterocycles. The van der Waals surface area contributed by atoms with Crippen LogP contribution >= 0.6 is 0 Å². The maximum atomic E-state index is 9.64. The van der Waals surface area contributed by atoms with Gasteiger partial charge in [0.05, 0.1) is 5.60 Å². The van der Waals surface area contributed by atoms with Crippen LogP contribution < -0.4 is 0 Å². The molecule has 15 heavy (non-hydrogen) atoms. The largest absolute Gasteiger partial charge is 0.363 e. The molecule has 1 atom stereocenters. The molecule has 0 heterocycles. The summed E-state index contributed by atoms with van der Waals surface area (Å²) < 4.78 is 0. The minimum absolute atomic E-state index is 0.172. The molecule has 1 N–H and O–H groups in total. The van der Waals surface area contributed by atoms with E-state index in [1.807, 2.05) is 20.8 Å². The van der Waals surface area contributed by atoms with E-state index in [1.54, 1.807) is 6.92 Å². The lowest BCUT2D eigenvalue weighted by molar-refractivity contribution is -0.452. The summed E-state index contributed by atoms with van der Waals surface area (Å²) >= 11 is 0. The van der Waals surface area contributed by atoms with Crippen LogP contribution in [-0.4, -0.2) is 16.5 Å². The molecule has 0 amide bonds. The van der Waals surface area contributed by atoms with E-state index in [-0.39, 0.29) is 5.41 Å². The van der Waals surface area contributed by atoms with Gasteiger partial charge in [0, 0.05) is 6.42 Å². The highest BCUT2D eigenvalue weighted by molar-refractivity contribution is 4.75. The van der Waals surface area contributed by atoms with Crippen molar-refractivity contribution in [3.63, 3.8) is 0 Å². The summed E-state index contributed by atoms with van der Waals surface area (Å²) in [4.78, 5) is 10.4. The van der Waals surface area contributed by atoms with Crippen molar-refractivity contribution in [1.29, 1.82) is 0 Å². The molecule has 0 bridgehead atoms. The first-order valence-electron chi connectivity index (χ1n) is 5.57. The van der Waals surface area contributed by atoms with Gasteiger partial charge >= 0.3 is 0 Å². The quantitative estimate of drug-likeness (QED) is 0.437. The summed E-state index contributed by atoms with van der Waals surface area (Å²) in [6.45, 7) is 13.8. The topological polar surface area (TPSA) is 38.7 Å². The number of hydrogen-bond donors (Lipinski definition) is 1. The summed E-state index contributed by atoms with van der Waals surface area (Å²) in [6, 6.07) is 0. The third-order valence-corrected chi connectivity index (χ3v) is 2.06. The highest BCUT2D eigenvalue weighted by Crippen LogP contribution is 2.30. The van der Waals surface area contributed by atoms with Gasteiger partial charge in [0.1, 0.15) is 0 Å². The monoisotopic (exact) mass is 218 g/mol. The van der Waals surface area contributed by atoms with Crippen molar-refractivity contribution in [2.24, 2.45) is 5.41 Å². The van der Waals surface area contributed by atoms with Crippen molar-refractivity contribution in [3.05, 3.63) is 0 Å². The fourth-order valence-electron chi connectivity index (χ4n) is 1.57. The van der Waals surface area contributed by atoms with Gasteiger partial charge in [-0.2, -0.15) is 0 Å². The molecule has 0 aliphatic heterocycles. The van der Waals surface area contributed by atoms with Crippen LogP contribution in [0.5, 0.6) is 0 Å². The standard InChI is InChI=1S/C12H26O3/c1-8-12(7,13)15-14-11(5,6)9-10(2,3)4/h13H,8-9H2,1-7H3. The Bertz CT molecular complexity index is 190. The molecular formula is C12H26O3. The fourth-order valence-corrected chi connectivity index (χ4v) is 1.57. The summed E-state index contributed by atoms with van der Waals surface area (Å²) in [7, 11) is 0. The van der Waals surface area contributed by atoms with E-state index in [9.17, 15) is 5.11 Å². The highest BCUT2D eigenvalue weighted by atomic mass is 17.2. The van der Waals surface area contributed by atoms with E-state index in [0.717, 1.165) is 6.42 Å². The van der Waals surface area contributed by atoms with E-state index in [1.165, 1.54) is 0 Å². The van der Waals surface area contributed by atoms with Crippen molar-refractivity contribution in [3.8, 4) is 0 Å². The van der Waals surface area contributed by atoms with Crippen LogP contribution in [0.1, 0.15) is 61.3 Å². The molecule has 3 heteroatoms. The zero-order valence-corrected chi connectivity index (χ0v) is 11.2. The second-order valence-corrected chi connectivity index (χ2v) is 6.19. The summed E-state index contributed by atoms with van der Waals surface area (Å²) in [5, 5.41) is 9.64. The Morgan fingerprint density at radius 1 is 0.933 bits per heavy atom. The van der Waals surface area contributed by atoms with Crippen molar-refractivity contribution in [1.82, 2.24) is 0 Å². The predicted molar refractivity (Wildman–Crippen MR) is 61.2 cm³/mol. The molecule has 0 aromatic rings. The number of aliphatic hydroxyl groups is 1. The summed E-state index contributed by atoms with van der Waals surface area (Å²) in [5.41, 5.74) is -0.220. The average molecular weight is 218 g/mol. The first-order chi connectivity index (χ1) is 6.47. The SMILES string of the molecule is CCC(C)(O)OOC(C)(C)CC(C)(C)C. The van der Waals surface area contributed by atoms with E-state index < -0.39 is 11.4 Å². The van der Waals surface area contributed by atoms with Gasteiger partial charge in [-0.1, -0.05) is 27.7 Å². The van der Waals surface area contributed by atoms with Crippen molar-refractivity contribution in [2.45, 2.75) is 72.7 Å². The minimum Gasteiger partial charge on any atom is -0.363 e. The molecule has 0 rings (SSSR count). The van der Waals surface area contributed by atoms with Gasteiger partial charge in [-0.05, 0) is 32.6 Å². The molecule has 1 unspecified atom stereocenters. The third kappa shape index (κ3) is 7.77. The molecule has 0 aliphatic carbocycles. The molecule has 3 nitrogen and oxygen atoms in total. The predicted octanol–water partition coefficient (Wildman–Crippen LogP) is 3.27. The second-order valence-electron chi connectivity index (χ2n) is 6.19. The Balaban J connectivity index is 4.16. The molecule has 0 saturated carbocycles. The van der Waals surface area contributed by atoms with E-state index >= 15 is 0 Å². The molecule has 92 valence electrons. The molecule has 0 radical (unpaired) electrons. The van der Waals surface area contributed by atoms with Crippen molar-refractivity contribution in [2.75, 3.05) is 0 Å². The maximum Gasteiger partial charge on any atom is 0.196 e. The third-order valence-electron chi connectivity index (χ3n) is 2.06. The minimum atomic E-state index is -1.20. The van der Waals surface area contributed by atoms with Gasteiger partial charge in [0.15, 0.2) is 5.79 Å². The summed E-state index contributed by atoms with van der Waals surface area (Å²) in [5.74, 6) is -1.20. The summed E-state index contributed by atoms with van der Waals surface area (Å²) in [6.07, 6.45) is 1.36. The van der Waals surface area contributed by atoms with Crippen LogP contribution in [-0.2, 0) is 9.78 Å². The maximum absolute atomic E-state index is 9.64. The lowest BCUT2D eigenvalue weighted by atomic mass is 9.84. The van der Waals surface area contributed by atoms with Gasteiger partial charge in [0.25, 0.3) is 0 Å². The van der Waals surface area contributed by atoms with Gasteiger partial charge in [-0.3, -0.25) is 0 Å². The Morgan fingerprint density at radius 2 is 1.40 bits per heavy atom. The zero-order chi connectivity index (χ0) is 12.3. The van der Waals surface area contributed by atoms with E-state index in [2.05, 4.69) is 20.8 Å². The zero-order valence-electron chi connectivity index (χ0n) is 11.2. The van der Waals surface area contributed by atoms with Crippen LogP contribution in [0.3, 0.4) is 0 Å². The highest BCUT2D eigenvalue weighted by Gasteiger charge is 2.30. The molecule has 0 aliphatic rings. The van der Waals surface area contributed by atoms with Crippen LogP contribution in [0.2, 0.25) is 0 Å². The van der Waals surface area contributed by atoms with Crippen molar-refractivity contribution < 1.29 is 14.9 Å². The first-order valence-corrected chi connectivity index (χ1v) is 5.57. The van der Waals surface area contributed by atoms with Crippen LogP contribution in [0.25, 0.3) is 0 Å². The Labute approximate surface area is 93.7 Å². The molecule has 0 fully saturated rings. The average Bonchev–Trinajstić information content (AvgIpc) is 1.97. The Kier molecular flexibility index (Phi) is 4.77. The van der Waals surface area contributed by atoms with Gasteiger partial charge in [-0.25, -0.2) is 9.78 Å². The van der Waals surface area contributed by atoms with Gasteiger partial charge in [0.2, 0.25) is 0 Å². The normalized spacial score (nSPS) is 17.6. The van der Waals surface area contributed by atoms with Crippen LogP contribution in [0.4, 0.5) is 0 Å². The Morgan fingerprint density at radius 3 is 1.73 bits per heavy atom. The van der Waals surface area contributed by atoms with Crippen molar-refractivity contribution >= 4 is 0 Å². The molecule has 0 aromatic carbocycles. The smallest absolute Gasteiger partial charge is 0.196 e. The van der Waals surface area contributed by atoms with Gasteiger partial charge in [-0.15, -0.1) is 0 Å². The van der Waals surface area contributed by atoms with Gasteiger partial charge < -0.3 is 5.11 Å². The van der Waals surface area contributed by atoms with E-state index in [0.29, 0.717) is 6.42 Å².